The van der Waals surface area contributed by atoms with Crippen molar-refractivity contribution < 1.29 is 19.1 Å². The van der Waals surface area contributed by atoms with Gasteiger partial charge >= 0.3 is 157 Å². The molecule has 0 N–H and O–H groups in total. The molecule has 5 unspecified atom stereocenters. The van der Waals surface area contributed by atoms with E-state index in [4.69, 9.17) is 0 Å². The van der Waals surface area contributed by atoms with E-state index >= 15 is 0 Å². The molecule has 3 nitrogen and oxygen atoms in total. The van der Waals surface area contributed by atoms with Gasteiger partial charge in [-0.3, -0.25) is 4.94 Å². The summed E-state index contributed by atoms with van der Waals surface area (Å²) in [6.45, 7) is 11.2. The topological polar surface area (TPSA) is 43.4 Å². The molecular formula is C25H42FIO3. The van der Waals surface area contributed by atoms with Crippen LogP contribution in [0.5, 0.6) is 0 Å². The van der Waals surface area contributed by atoms with Crippen molar-refractivity contribution in [3.63, 3.8) is 0 Å². The van der Waals surface area contributed by atoms with E-state index < -0.39 is 25.8 Å². The third kappa shape index (κ3) is 5.86. The third-order valence-corrected chi connectivity index (χ3v) is 16.3. The molecule has 5 atom stereocenters. The molecule has 3 aliphatic rings. The first-order chi connectivity index (χ1) is 14.3. The van der Waals surface area contributed by atoms with E-state index in [1.54, 1.807) is 6.92 Å². The monoisotopic (exact) mass is 536 g/mol. The summed E-state index contributed by atoms with van der Waals surface area (Å²) < 4.78 is 13.0. The Hall–Kier alpha value is -0.460. The third-order valence-electron chi connectivity index (χ3n) is 7.77. The quantitative estimate of drug-likeness (QED) is 0.157. The summed E-state index contributed by atoms with van der Waals surface area (Å²) in [5, 5.41) is 0. The van der Waals surface area contributed by atoms with Gasteiger partial charge in [0.1, 0.15) is 0 Å². The van der Waals surface area contributed by atoms with Crippen LogP contribution in [0.4, 0.5) is 4.53 Å². The summed E-state index contributed by atoms with van der Waals surface area (Å²) in [5.74, 6) is 0.540. The van der Waals surface area contributed by atoms with Crippen LogP contribution in [0.3, 0.4) is 0 Å². The Balaban J connectivity index is 0.000000396. The van der Waals surface area contributed by atoms with Gasteiger partial charge in [0, 0.05) is 10.9 Å². The molecule has 0 amide bonds. The zero-order valence-corrected chi connectivity index (χ0v) is 21.8. The molecule has 30 heavy (non-hydrogen) atoms. The summed E-state index contributed by atoms with van der Waals surface area (Å²) in [6, 6.07) is 0. The molecule has 1 saturated carbocycles. The minimum atomic E-state index is -1.61. The van der Waals surface area contributed by atoms with Gasteiger partial charge in [-0.25, -0.2) is 4.79 Å². The van der Waals surface area contributed by atoms with E-state index in [0.717, 1.165) is 13.8 Å². The van der Waals surface area contributed by atoms with E-state index in [1.165, 1.54) is 63.4 Å². The van der Waals surface area contributed by atoms with Crippen molar-refractivity contribution in [1.82, 2.24) is 0 Å². The minimum Gasteiger partial charge on any atom is -0.255 e. The number of hydrogen-bond acceptors (Lipinski definition) is 3. The maximum atomic E-state index is 13.6. The summed E-state index contributed by atoms with van der Waals surface area (Å²) in [6.07, 6.45) is 15.1. The maximum absolute atomic E-state index is 13.6. The van der Waals surface area contributed by atoms with Crippen LogP contribution in [0.15, 0.2) is 11.6 Å². The predicted octanol–water partition coefficient (Wildman–Crippen LogP) is 7.75. The van der Waals surface area contributed by atoms with E-state index in [1.807, 2.05) is 0 Å². The number of alkyl halides is 2. The molecule has 0 aromatic heterocycles. The van der Waals surface area contributed by atoms with Crippen LogP contribution in [-0.2, 0) is 14.5 Å². The number of fused-ring (bicyclic) bond motifs is 3. The molecule has 3 fully saturated rings. The Morgan fingerprint density at radius 1 is 1.17 bits per heavy atom. The second kappa shape index (κ2) is 12.0. The van der Waals surface area contributed by atoms with Gasteiger partial charge < -0.3 is 0 Å². The van der Waals surface area contributed by atoms with Gasteiger partial charge in [-0.05, 0) is 6.42 Å². The van der Waals surface area contributed by atoms with E-state index in [-0.39, 0.29) is 6.42 Å². The van der Waals surface area contributed by atoms with Crippen molar-refractivity contribution in [2.75, 3.05) is 0 Å². The van der Waals surface area contributed by atoms with Gasteiger partial charge in [0.15, 0.2) is 0 Å². The zero-order chi connectivity index (χ0) is 22.3. The summed E-state index contributed by atoms with van der Waals surface area (Å²) in [5.41, 5.74) is 1.72. The Bertz CT molecular complexity index is 620. The Labute approximate surface area is 190 Å². The largest absolute Gasteiger partial charge is 0.348 e. The van der Waals surface area contributed by atoms with Crippen LogP contribution in [0.1, 0.15) is 105 Å². The van der Waals surface area contributed by atoms with Crippen LogP contribution in [0.25, 0.3) is 0 Å². The SMILES string of the molecule is C/C=C1\C(=O)I2C(CCCCCC1C)CCC1(C)C(C)CCC21.CCCC(=O)OF. The number of carbonyl (C=O) groups excluding carboxylic acids is 2. The molecule has 3 rings (SSSR count). The summed E-state index contributed by atoms with van der Waals surface area (Å²) in [4.78, 5) is 26.3. The van der Waals surface area contributed by atoms with Crippen molar-refractivity contribution in [2.24, 2.45) is 17.3 Å². The smallest absolute Gasteiger partial charge is 0.255 e. The average Bonchev–Trinajstić information content (AvgIpc) is 3.03. The van der Waals surface area contributed by atoms with Crippen molar-refractivity contribution in [3.05, 3.63) is 11.6 Å². The van der Waals surface area contributed by atoms with Crippen molar-refractivity contribution in [3.8, 4) is 0 Å². The fraction of sp³-hybridized carbons (Fsp3) is 0.840. The normalized spacial score (nSPS) is 36.9. The van der Waals surface area contributed by atoms with Crippen LogP contribution in [0, 0.1) is 17.3 Å². The van der Waals surface area contributed by atoms with Crippen LogP contribution >= 0.6 is 19.8 Å². The van der Waals surface area contributed by atoms with E-state index in [2.05, 4.69) is 38.7 Å². The second-order valence-corrected chi connectivity index (χ2v) is 15.9. The molecule has 174 valence electrons. The van der Waals surface area contributed by atoms with E-state index in [9.17, 15) is 14.1 Å². The van der Waals surface area contributed by atoms with E-state index in [0.29, 0.717) is 21.5 Å². The van der Waals surface area contributed by atoms with Gasteiger partial charge in [0.05, 0.1) is 0 Å². The van der Waals surface area contributed by atoms with Gasteiger partial charge in [0.25, 0.3) is 0 Å². The molecule has 2 heterocycles. The maximum Gasteiger partial charge on any atom is 0.348 e. The molecular weight excluding hydrogens is 494 g/mol. The standard InChI is InChI=1S/C21H35IO.C4H7FO2/c1-5-18-15(2)9-7-6-8-10-17-13-14-21(4)16(3)11-12-19(21)22(17)20(18)23;1-2-3-4(6)7-5/h5,15-17,19H,6-14H2,1-4H3;2-3H2,1H3/b18-5-;. The fourth-order valence-corrected chi connectivity index (χ4v) is 15.4. The number of halogens is 2. The molecule has 0 bridgehead atoms. The fourth-order valence-electron chi connectivity index (χ4n) is 5.58. The molecule has 1 aliphatic carbocycles. The Morgan fingerprint density at radius 3 is 2.47 bits per heavy atom. The van der Waals surface area contributed by atoms with Crippen molar-refractivity contribution in [1.29, 1.82) is 0 Å². The Morgan fingerprint density at radius 2 is 1.87 bits per heavy atom. The first-order valence-electron chi connectivity index (χ1n) is 12.0. The zero-order valence-electron chi connectivity index (χ0n) is 19.6. The first-order valence-corrected chi connectivity index (χ1v) is 15.6. The van der Waals surface area contributed by atoms with Gasteiger partial charge in [-0.2, -0.15) is 0 Å². The summed E-state index contributed by atoms with van der Waals surface area (Å²) in [7, 11) is 0. The Kier molecular flexibility index (Phi) is 10.3. The molecule has 5 heteroatoms. The van der Waals surface area contributed by atoms with Crippen molar-refractivity contribution >= 4 is 29.6 Å². The molecule has 0 aromatic carbocycles. The first kappa shape index (κ1) is 25.8. The molecule has 0 spiro atoms. The molecule has 0 radical (unpaired) electrons. The minimum absolute atomic E-state index is 0.163. The second-order valence-electron chi connectivity index (χ2n) is 9.69. The number of hydrogen-bond donors (Lipinski definition) is 0. The number of carbonyl (C=O) groups is 2. The van der Waals surface area contributed by atoms with Crippen LogP contribution < -0.4 is 0 Å². The van der Waals surface area contributed by atoms with Crippen LogP contribution in [-0.4, -0.2) is 17.6 Å². The predicted molar refractivity (Wildman–Crippen MR) is 130 cm³/mol. The van der Waals surface area contributed by atoms with Crippen molar-refractivity contribution in [2.45, 2.75) is 113 Å². The number of rotatable bonds is 2. The molecule has 2 aliphatic heterocycles. The average molecular weight is 537 g/mol. The van der Waals surface area contributed by atoms with Crippen LogP contribution in [0.2, 0.25) is 0 Å². The number of allylic oxidation sites excluding steroid dienone is 2. The van der Waals surface area contributed by atoms with Gasteiger partial charge in [0.2, 0.25) is 0 Å². The van der Waals surface area contributed by atoms with Gasteiger partial charge in [-0.15, -0.1) is 0 Å². The van der Waals surface area contributed by atoms with Gasteiger partial charge in [-0.1, -0.05) is 6.92 Å². The molecule has 0 aromatic rings. The molecule has 2 saturated heterocycles. The summed E-state index contributed by atoms with van der Waals surface area (Å²) >= 11 is -1.61.